The molecule has 6 heteroatoms. The summed E-state index contributed by atoms with van der Waals surface area (Å²) < 4.78 is 15.5. The molecule has 0 spiro atoms. The smallest absolute Gasteiger partial charge is 0.339 e. The quantitative estimate of drug-likeness (QED) is 0.839. The molecule has 0 radical (unpaired) electrons. The van der Waals surface area contributed by atoms with Crippen LogP contribution in [-0.4, -0.2) is 32.4 Å². The topological polar surface area (TPSA) is 65.0 Å². The molecule has 1 aromatic carbocycles. The van der Waals surface area contributed by atoms with Crippen LogP contribution in [0.1, 0.15) is 17.2 Å². The Kier molecular flexibility index (Phi) is 5.58. The SMILES string of the molecule is COCc1cc(Br)cc(OC)c1C(O)C(=O)OC. The van der Waals surface area contributed by atoms with Crippen molar-refractivity contribution in [3.05, 3.63) is 27.7 Å². The van der Waals surface area contributed by atoms with Crippen molar-refractivity contribution in [2.24, 2.45) is 0 Å². The lowest BCUT2D eigenvalue weighted by Crippen LogP contribution is -2.16. The van der Waals surface area contributed by atoms with Crippen LogP contribution in [0.3, 0.4) is 0 Å². The van der Waals surface area contributed by atoms with E-state index in [1.807, 2.05) is 0 Å². The van der Waals surface area contributed by atoms with Crippen molar-refractivity contribution in [2.75, 3.05) is 21.3 Å². The van der Waals surface area contributed by atoms with Gasteiger partial charge >= 0.3 is 5.97 Å². The molecule has 1 unspecified atom stereocenters. The maximum Gasteiger partial charge on any atom is 0.339 e. The second kappa shape index (κ2) is 6.72. The summed E-state index contributed by atoms with van der Waals surface area (Å²) in [7, 11) is 4.21. The van der Waals surface area contributed by atoms with E-state index >= 15 is 0 Å². The lowest BCUT2D eigenvalue weighted by molar-refractivity contribution is -0.150. The van der Waals surface area contributed by atoms with Gasteiger partial charge in [-0.05, 0) is 17.7 Å². The number of ether oxygens (including phenoxy) is 3. The molecule has 100 valence electrons. The van der Waals surface area contributed by atoms with E-state index in [0.29, 0.717) is 16.9 Å². The number of hydrogen-bond acceptors (Lipinski definition) is 5. The van der Waals surface area contributed by atoms with Crippen molar-refractivity contribution in [1.29, 1.82) is 0 Å². The molecule has 1 rings (SSSR count). The number of aliphatic hydroxyl groups is 1. The molecule has 0 amide bonds. The van der Waals surface area contributed by atoms with Gasteiger partial charge in [-0.1, -0.05) is 15.9 Å². The molecule has 5 nitrogen and oxygen atoms in total. The van der Waals surface area contributed by atoms with Gasteiger partial charge < -0.3 is 19.3 Å². The molecular formula is C12H15BrO5. The van der Waals surface area contributed by atoms with Crippen molar-refractivity contribution in [1.82, 2.24) is 0 Å². The van der Waals surface area contributed by atoms with Crippen molar-refractivity contribution in [3.63, 3.8) is 0 Å². The summed E-state index contributed by atoms with van der Waals surface area (Å²) in [5.41, 5.74) is 1.01. The number of aliphatic hydroxyl groups excluding tert-OH is 1. The normalized spacial score (nSPS) is 12.1. The van der Waals surface area contributed by atoms with Crippen molar-refractivity contribution < 1.29 is 24.1 Å². The zero-order chi connectivity index (χ0) is 13.7. The molecule has 0 aliphatic rings. The summed E-state index contributed by atoms with van der Waals surface area (Å²) in [4.78, 5) is 11.4. The molecule has 1 aromatic rings. The van der Waals surface area contributed by atoms with Crippen LogP contribution >= 0.6 is 15.9 Å². The number of methoxy groups -OCH3 is 3. The number of rotatable bonds is 5. The van der Waals surface area contributed by atoms with Gasteiger partial charge in [-0.25, -0.2) is 4.79 Å². The number of carbonyl (C=O) groups is 1. The number of hydrogen-bond donors (Lipinski definition) is 1. The molecule has 1 N–H and O–H groups in total. The Morgan fingerprint density at radius 1 is 1.39 bits per heavy atom. The minimum absolute atomic E-state index is 0.249. The van der Waals surface area contributed by atoms with Crippen molar-refractivity contribution >= 4 is 21.9 Å². The minimum atomic E-state index is -1.40. The Labute approximate surface area is 114 Å². The van der Waals surface area contributed by atoms with Gasteiger partial charge in [0.05, 0.1) is 20.8 Å². The van der Waals surface area contributed by atoms with E-state index in [0.717, 1.165) is 4.47 Å². The van der Waals surface area contributed by atoms with Gasteiger partial charge in [0.15, 0.2) is 6.10 Å². The summed E-state index contributed by atoms with van der Waals surface area (Å²) in [5, 5.41) is 9.97. The van der Waals surface area contributed by atoms with Crippen LogP contribution in [-0.2, 0) is 20.9 Å². The molecular weight excluding hydrogens is 304 g/mol. The van der Waals surface area contributed by atoms with Crippen molar-refractivity contribution in [3.8, 4) is 5.75 Å². The van der Waals surface area contributed by atoms with Crippen molar-refractivity contribution in [2.45, 2.75) is 12.7 Å². The maximum absolute atomic E-state index is 11.4. The van der Waals surface area contributed by atoms with Crippen LogP contribution in [0.4, 0.5) is 0 Å². The zero-order valence-corrected chi connectivity index (χ0v) is 12.0. The molecule has 0 bridgehead atoms. The second-order valence-electron chi connectivity index (χ2n) is 3.54. The lowest BCUT2D eigenvalue weighted by atomic mass is 10.0. The van der Waals surface area contributed by atoms with Crippen LogP contribution in [0, 0.1) is 0 Å². The van der Waals surface area contributed by atoms with E-state index in [9.17, 15) is 9.90 Å². The van der Waals surface area contributed by atoms with Gasteiger partial charge in [-0.2, -0.15) is 0 Å². The zero-order valence-electron chi connectivity index (χ0n) is 10.4. The highest BCUT2D eigenvalue weighted by atomic mass is 79.9. The van der Waals surface area contributed by atoms with E-state index in [2.05, 4.69) is 20.7 Å². The highest BCUT2D eigenvalue weighted by Crippen LogP contribution is 2.33. The van der Waals surface area contributed by atoms with Gasteiger partial charge in [-0.3, -0.25) is 0 Å². The highest BCUT2D eigenvalue weighted by Gasteiger charge is 2.25. The Bertz CT molecular complexity index is 433. The number of benzene rings is 1. The van der Waals surface area contributed by atoms with Gasteiger partial charge in [0.1, 0.15) is 5.75 Å². The molecule has 0 heterocycles. The first-order chi connectivity index (χ1) is 8.54. The van der Waals surface area contributed by atoms with Crippen LogP contribution in [0.15, 0.2) is 16.6 Å². The minimum Gasteiger partial charge on any atom is -0.496 e. The first-order valence-electron chi connectivity index (χ1n) is 5.16. The van der Waals surface area contributed by atoms with Gasteiger partial charge in [0, 0.05) is 17.1 Å². The first-order valence-corrected chi connectivity index (χ1v) is 5.95. The van der Waals surface area contributed by atoms with E-state index < -0.39 is 12.1 Å². The van der Waals surface area contributed by atoms with Crippen LogP contribution < -0.4 is 4.74 Å². The van der Waals surface area contributed by atoms with Gasteiger partial charge in [-0.15, -0.1) is 0 Å². The molecule has 0 aliphatic heterocycles. The molecule has 1 atom stereocenters. The summed E-state index contributed by atoms with van der Waals surface area (Å²) in [6.07, 6.45) is -1.40. The third-order valence-electron chi connectivity index (χ3n) is 2.41. The fourth-order valence-electron chi connectivity index (χ4n) is 1.63. The van der Waals surface area contributed by atoms with Crippen LogP contribution in [0.25, 0.3) is 0 Å². The third-order valence-corrected chi connectivity index (χ3v) is 2.87. The van der Waals surface area contributed by atoms with Gasteiger partial charge in [0.25, 0.3) is 0 Å². The highest BCUT2D eigenvalue weighted by molar-refractivity contribution is 9.10. The predicted molar refractivity (Wildman–Crippen MR) is 68.4 cm³/mol. The second-order valence-corrected chi connectivity index (χ2v) is 4.46. The standard InChI is InChI=1S/C12H15BrO5/c1-16-6-7-4-8(13)5-9(17-2)10(7)11(14)12(15)18-3/h4-5,11,14H,6H2,1-3H3. The Hall–Kier alpha value is -1.11. The molecule has 0 saturated heterocycles. The average molecular weight is 319 g/mol. The van der Waals surface area contributed by atoms with E-state index in [4.69, 9.17) is 9.47 Å². The molecule has 0 aromatic heterocycles. The van der Waals surface area contributed by atoms with Crippen LogP contribution in [0.2, 0.25) is 0 Å². The van der Waals surface area contributed by atoms with E-state index in [1.165, 1.54) is 21.3 Å². The van der Waals surface area contributed by atoms with E-state index in [-0.39, 0.29) is 6.61 Å². The summed E-state index contributed by atoms with van der Waals surface area (Å²) in [6.45, 7) is 0.249. The Morgan fingerprint density at radius 3 is 2.56 bits per heavy atom. The maximum atomic E-state index is 11.4. The number of halogens is 1. The summed E-state index contributed by atoms with van der Waals surface area (Å²) >= 11 is 3.33. The predicted octanol–water partition coefficient (Wildman–Crippen LogP) is 1.81. The van der Waals surface area contributed by atoms with Crippen LogP contribution in [0.5, 0.6) is 5.75 Å². The summed E-state index contributed by atoms with van der Waals surface area (Å²) in [6, 6.07) is 3.42. The molecule has 0 fully saturated rings. The first kappa shape index (κ1) is 14.9. The monoisotopic (exact) mass is 318 g/mol. The number of carbonyl (C=O) groups excluding carboxylic acids is 1. The molecule has 0 saturated carbocycles. The Balaban J connectivity index is 3.32. The fourth-order valence-corrected chi connectivity index (χ4v) is 2.11. The molecule has 0 aliphatic carbocycles. The summed E-state index contributed by atoms with van der Waals surface area (Å²) in [5.74, 6) is -0.345. The Morgan fingerprint density at radius 2 is 2.06 bits per heavy atom. The lowest BCUT2D eigenvalue weighted by Gasteiger charge is -2.17. The van der Waals surface area contributed by atoms with E-state index in [1.54, 1.807) is 12.1 Å². The third kappa shape index (κ3) is 3.22. The number of esters is 1. The largest absolute Gasteiger partial charge is 0.496 e. The fraction of sp³-hybridized carbons (Fsp3) is 0.417. The van der Waals surface area contributed by atoms with Gasteiger partial charge in [0.2, 0.25) is 0 Å². The average Bonchev–Trinajstić information content (AvgIpc) is 2.36. The molecule has 18 heavy (non-hydrogen) atoms.